The van der Waals surface area contributed by atoms with Crippen molar-refractivity contribution in [2.75, 3.05) is 0 Å². The highest BCUT2D eigenvalue weighted by Gasteiger charge is 2.44. The van der Waals surface area contributed by atoms with Gasteiger partial charge in [0.25, 0.3) is 0 Å². The third-order valence-corrected chi connectivity index (χ3v) is 4.24. The quantitative estimate of drug-likeness (QED) is 0.582. The van der Waals surface area contributed by atoms with E-state index >= 15 is 0 Å². The monoisotopic (exact) mass is 431 g/mol. The van der Waals surface area contributed by atoms with Gasteiger partial charge < -0.3 is 10.5 Å². The Morgan fingerprint density at radius 1 is 1.03 bits per heavy atom. The zero-order chi connectivity index (χ0) is 22.1. The van der Waals surface area contributed by atoms with Crippen molar-refractivity contribution in [2.24, 2.45) is 12.8 Å². The molecule has 6 nitrogen and oxygen atoms in total. The highest BCUT2D eigenvalue weighted by molar-refractivity contribution is 5.43. The first-order chi connectivity index (χ1) is 14.0. The van der Waals surface area contributed by atoms with E-state index in [1.165, 1.54) is 19.2 Å². The largest absolute Gasteiger partial charge is 0.461 e. The second-order valence-electron chi connectivity index (χ2n) is 6.49. The van der Waals surface area contributed by atoms with Gasteiger partial charge in [-0.25, -0.2) is 8.78 Å². The summed E-state index contributed by atoms with van der Waals surface area (Å²) in [6.45, 7) is 0. The van der Waals surface area contributed by atoms with E-state index in [-0.39, 0.29) is 23.4 Å². The SMILES string of the molecule is Cn1nnc(CC(N)(c2ccc(F)cc2)c2cc(F)cc(OC(F)(F)C(F)F)c2)n1. The van der Waals surface area contributed by atoms with Crippen LogP contribution in [0.1, 0.15) is 17.0 Å². The molecule has 1 aromatic heterocycles. The Bertz CT molecular complexity index is 1030. The maximum absolute atomic E-state index is 14.2. The predicted molar refractivity (Wildman–Crippen MR) is 91.8 cm³/mol. The van der Waals surface area contributed by atoms with Crippen LogP contribution in [0.4, 0.5) is 26.3 Å². The Hall–Kier alpha value is -3.15. The molecule has 1 atom stereocenters. The van der Waals surface area contributed by atoms with Crippen molar-refractivity contribution >= 4 is 0 Å². The Morgan fingerprint density at radius 3 is 2.27 bits per heavy atom. The van der Waals surface area contributed by atoms with Gasteiger partial charge in [-0.15, -0.1) is 10.2 Å². The van der Waals surface area contributed by atoms with E-state index < -0.39 is 35.5 Å². The van der Waals surface area contributed by atoms with E-state index in [2.05, 4.69) is 20.1 Å². The fourth-order valence-electron chi connectivity index (χ4n) is 2.84. The summed E-state index contributed by atoms with van der Waals surface area (Å²) in [6.07, 6.45) is -9.17. The van der Waals surface area contributed by atoms with Gasteiger partial charge >= 0.3 is 12.5 Å². The second-order valence-corrected chi connectivity index (χ2v) is 6.49. The van der Waals surface area contributed by atoms with Crippen LogP contribution in [0.15, 0.2) is 42.5 Å². The lowest BCUT2D eigenvalue weighted by Crippen LogP contribution is -2.41. The number of hydrogen-bond donors (Lipinski definition) is 1. The number of benzene rings is 2. The molecule has 12 heteroatoms. The molecule has 1 unspecified atom stereocenters. The lowest BCUT2D eigenvalue weighted by molar-refractivity contribution is -0.253. The van der Waals surface area contributed by atoms with Gasteiger partial charge in [-0.1, -0.05) is 12.1 Å². The van der Waals surface area contributed by atoms with Crippen molar-refractivity contribution < 1.29 is 31.1 Å². The number of rotatable bonds is 7. The van der Waals surface area contributed by atoms with Crippen LogP contribution < -0.4 is 10.5 Å². The molecule has 0 amide bonds. The van der Waals surface area contributed by atoms with E-state index in [1.807, 2.05) is 0 Å². The third-order valence-electron chi connectivity index (χ3n) is 4.24. The van der Waals surface area contributed by atoms with Crippen LogP contribution in [0, 0.1) is 11.6 Å². The molecule has 0 spiro atoms. The molecule has 0 radical (unpaired) electrons. The molecular formula is C18H15F6N5O. The maximum Gasteiger partial charge on any atom is 0.461 e. The van der Waals surface area contributed by atoms with Gasteiger partial charge in [0.2, 0.25) is 0 Å². The molecule has 0 fully saturated rings. The van der Waals surface area contributed by atoms with Crippen molar-refractivity contribution in [3.05, 3.63) is 71.1 Å². The van der Waals surface area contributed by atoms with Gasteiger partial charge in [0.05, 0.1) is 12.6 Å². The fraction of sp³-hybridized carbons (Fsp3) is 0.278. The molecular weight excluding hydrogens is 416 g/mol. The molecule has 0 aliphatic heterocycles. The molecule has 160 valence electrons. The van der Waals surface area contributed by atoms with Crippen LogP contribution in [0.2, 0.25) is 0 Å². The fourth-order valence-corrected chi connectivity index (χ4v) is 2.84. The molecule has 1 heterocycles. The number of nitrogens with zero attached hydrogens (tertiary/aromatic N) is 4. The molecule has 3 rings (SSSR count). The summed E-state index contributed by atoms with van der Waals surface area (Å²) >= 11 is 0. The minimum Gasteiger partial charge on any atom is -0.428 e. The molecule has 0 bridgehead atoms. The number of aromatic nitrogens is 4. The molecule has 3 aromatic rings. The van der Waals surface area contributed by atoms with Gasteiger partial charge in [0.15, 0.2) is 5.82 Å². The van der Waals surface area contributed by atoms with Crippen LogP contribution in [0.5, 0.6) is 5.75 Å². The molecule has 2 aromatic carbocycles. The van der Waals surface area contributed by atoms with E-state index in [0.717, 1.165) is 29.1 Å². The highest BCUT2D eigenvalue weighted by atomic mass is 19.3. The van der Waals surface area contributed by atoms with E-state index in [9.17, 15) is 26.3 Å². The van der Waals surface area contributed by atoms with Crippen molar-refractivity contribution in [1.82, 2.24) is 20.2 Å². The number of hydrogen-bond acceptors (Lipinski definition) is 5. The lowest BCUT2D eigenvalue weighted by atomic mass is 9.80. The maximum atomic E-state index is 14.2. The number of ether oxygens (including phenoxy) is 1. The molecule has 0 saturated carbocycles. The van der Waals surface area contributed by atoms with Crippen LogP contribution in [0.25, 0.3) is 0 Å². The van der Waals surface area contributed by atoms with Crippen LogP contribution in [-0.2, 0) is 19.0 Å². The zero-order valence-electron chi connectivity index (χ0n) is 15.4. The average molecular weight is 431 g/mol. The number of nitrogens with two attached hydrogens (primary N) is 1. The summed E-state index contributed by atoms with van der Waals surface area (Å²) < 4.78 is 83.1. The van der Waals surface area contributed by atoms with Gasteiger partial charge in [0, 0.05) is 12.5 Å². The summed E-state index contributed by atoms with van der Waals surface area (Å²) in [6, 6.07) is 7.17. The Labute approximate surface area is 166 Å². The topological polar surface area (TPSA) is 78.9 Å². The smallest absolute Gasteiger partial charge is 0.428 e. The molecule has 0 saturated heterocycles. The number of alkyl halides is 4. The van der Waals surface area contributed by atoms with Gasteiger partial charge in [-0.2, -0.15) is 22.4 Å². The van der Waals surface area contributed by atoms with Crippen LogP contribution >= 0.6 is 0 Å². The minimum absolute atomic E-state index is 0.110. The Kier molecular flexibility index (Phi) is 5.70. The lowest BCUT2D eigenvalue weighted by Gasteiger charge is -2.30. The van der Waals surface area contributed by atoms with Crippen LogP contribution in [0.3, 0.4) is 0 Å². The third kappa shape index (κ3) is 4.53. The first-order valence-corrected chi connectivity index (χ1v) is 8.43. The first kappa shape index (κ1) is 21.6. The average Bonchev–Trinajstić information content (AvgIpc) is 3.05. The van der Waals surface area contributed by atoms with Gasteiger partial charge in [-0.05, 0) is 40.6 Å². The van der Waals surface area contributed by atoms with Crippen LogP contribution in [-0.4, -0.2) is 32.7 Å². The van der Waals surface area contributed by atoms with Crippen molar-refractivity contribution in [3.8, 4) is 5.75 Å². The van der Waals surface area contributed by atoms with E-state index in [4.69, 9.17) is 5.73 Å². The minimum atomic E-state index is -4.84. The van der Waals surface area contributed by atoms with Gasteiger partial charge in [0.1, 0.15) is 17.4 Å². The second kappa shape index (κ2) is 7.94. The number of tetrazole rings is 1. The normalized spacial score (nSPS) is 14.0. The number of halogens is 6. The summed E-state index contributed by atoms with van der Waals surface area (Å²) in [7, 11) is 1.49. The van der Waals surface area contributed by atoms with Crippen molar-refractivity contribution in [2.45, 2.75) is 24.5 Å². The molecule has 30 heavy (non-hydrogen) atoms. The molecule has 0 aliphatic rings. The molecule has 0 aliphatic carbocycles. The Morgan fingerprint density at radius 2 is 1.70 bits per heavy atom. The standard InChI is InChI=1S/C18H15F6N5O/c1-29-27-15(26-28-29)9-17(25,10-2-4-12(19)5-3-10)11-6-13(20)8-14(7-11)30-18(23,24)16(21)22/h2-8,16H,9,25H2,1H3. The predicted octanol–water partition coefficient (Wildman–Crippen LogP) is 3.17. The number of aryl methyl sites for hydroxylation is 1. The summed E-state index contributed by atoms with van der Waals surface area (Å²) in [5.41, 5.74) is 4.99. The van der Waals surface area contributed by atoms with Gasteiger partial charge in [-0.3, -0.25) is 0 Å². The van der Waals surface area contributed by atoms with E-state index in [0.29, 0.717) is 6.07 Å². The van der Waals surface area contributed by atoms with Crippen molar-refractivity contribution in [3.63, 3.8) is 0 Å². The summed E-state index contributed by atoms with van der Waals surface area (Å²) in [5, 5.41) is 11.5. The first-order valence-electron chi connectivity index (χ1n) is 8.43. The zero-order valence-corrected chi connectivity index (χ0v) is 15.4. The highest BCUT2D eigenvalue weighted by Crippen LogP contribution is 2.35. The molecule has 2 N–H and O–H groups in total. The van der Waals surface area contributed by atoms with E-state index in [1.54, 1.807) is 0 Å². The Balaban J connectivity index is 2.10. The summed E-state index contributed by atoms with van der Waals surface area (Å²) in [5.74, 6) is -2.37. The summed E-state index contributed by atoms with van der Waals surface area (Å²) in [4.78, 5) is 1.14. The van der Waals surface area contributed by atoms with Crippen molar-refractivity contribution in [1.29, 1.82) is 0 Å².